The van der Waals surface area contributed by atoms with E-state index in [2.05, 4.69) is 49.4 Å². The molecular weight excluding hydrogens is 475 g/mol. The minimum Gasteiger partial charge on any atom is -0.481 e. The smallest absolute Gasteiger partial charge is 0.279 e. The molecule has 0 radical (unpaired) electrons. The maximum absolute atomic E-state index is 12.0. The van der Waals surface area contributed by atoms with E-state index in [1.54, 1.807) is 31.2 Å². The van der Waals surface area contributed by atoms with E-state index in [1.165, 1.54) is 0 Å². The van der Waals surface area contributed by atoms with Crippen molar-refractivity contribution in [2.24, 2.45) is 0 Å². The third kappa shape index (κ3) is 5.21. The van der Waals surface area contributed by atoms with Gasteiger partial charge in [0.2, 0.25) is 0 Å². The fourth-order valence-electron chi connectivity index (χ4n) is 1.73. The lowest BCUT2D eigenvalue weighted by molar-refractivity contribution is -0.128. The molecule has 2 aromatic carbocycles. The van der Waals surface area contributed by atoms with Gasteiger partial charge in [-0.05, 0) is 59.8 Å². The molecule has 0 aliphatic rings. The standard InChI is InChI=1S/C16H14BrIN2O3/c1-10(23-12-6-4-5-11(17)9-12)15(21)19-20-16(22)13-7-2-3-8-14(13)18/h2-10H,1H3,(H,19,21)(H,20,22). The fourth-order valence-corrected chi connectivity index (χ4v) is 2.74. The Kier molecular flexibility index (Phi) is 6.40. The number of nitrogens with one attached hydrogen (secondary N) is 2. The molecule has 23 heavy (non-hydrogen) atoms. The maximum Gasteiger partial charge on any atom is 0.279 e. The highest BCUT2D eigenvalue weighted by Crippen LogP contribution is 2.18. The molecule has 0 aliphatic carbocycles. The van der Waals surface area contributed by atoms with Gasteiger partial charge in [-0.25, -0.2) is 0 Å². The second kappa shape index (κ2) is 8.30. The Balaban J connectivity index is 1.89. The van der Waals surface area contributed by atoms with E-state index in [1.807, 2.05) is 24.3 Å². The molecule has 0 saturated carbocycles. The van der Waals surface area contributed by atoms with Crippen LogP contribution >= 0.6 is 38.5 Å². The molecule has 0 heterocycles. The quantitative estimate of drug-likeness (QED) is 0.512. The molecule has 1 atom stereocenters. The number of ether oxygens (including phenoxy) is 1. The molecule has 120 valence electrons. The Hall–Kier alpha value is -1.61. The summed E-state index contributed by atoms with van der Waals surface area (Å²) in [4.78, 5) is 24.0. The van der Waals surface area contributed by atoms with Gasteiger partial charge in [0.25, 0.3) is 11.8 Å². The number of hydrazine groups is 1. The molecule has 0 fully saturated rings. The Morgan fingerprint density at radius 3 is 2.57 bits per heavy atom. The van der Waals surface area contributed by atoms with Gasteiger partial charge in [0, 0.05) is 8.04 Å². The van der Waals surface area contributed by atoms with Crippen molar-refractivity contribution in [3.8, 4) is 5.75 Å². The van der Waals surface area contributed by atoms with E-state index in [0.29, 0.717) is 11.3 Å². The number of halogens is 2. The van der Waals surface area contributed by atoms with Gasteiger partial charge in [0.15, 0.2) is 6.10 Å². The number of hydrogen-bond donors (Lipinski definition) is 2. The fraction of sp³-hybridized carbons (Fsp3) is 0.125. The van der Waals surface area contributed by atoms with Crippen molar-refractivity contribution >= 4 is 50.3 Å². The first-order chi connectivity index (χ1) is 11.0. The van der Waals surface area contributed by atoms with Gasteiger partial charge >= 0.3 is 0 Å². The predicted octanol–water partition coefficient (Wildman–Crippen LogP) is 3.28. The largest absolute Gasteiger partial charge is 0.481 e. The van der Waals surface area contributed by atoms with Gasteiger partial charge in [-0.15, -0.1) is 0 Å². The molecule has 0 aliphatic heterocycles. The number of rotatable bonds is 4. The van der Waals surface area contributed by atoms with Crippen molar-refractivity contribution in [3.63, 3.8) is 0 Å². The molecular formula is C16H14BrIN2O3. The minimum atomic E-state index is -0.751. The van der Waals surface area contributed by atoms with Crippen LogP contribution in [0.1, 0.15) is 17.3 Å². The zero-order valence-corrected chi connectivity index (χ0v) is 15.9. The first kappa shape index (κ1) is 17.7. The number of carbonyl (C=O) groups excluding carboxylic acids is 2. The minimum absolute atomic E-state index is 0.377. The van der Waals surface area contributed by atoms with Gasteiger partial charge in [-0.1, -0.05) is 34.1 Å². The third-order valence-corrected chi connectivity index (χ3v) is 4.33. The van der Waals surface area contributed by atoms with E-state index in [9.17, 15) is 9.59 Å². The van der Waals surface area contributed by atoms with Crippen LogP contribution < -0.4 is 15.6 Å². The predicted molar refractivity (Wildman–Crippen MR) is 99.0 cm³/mol. The average Bonchev–Trinajstić information content (AvgIpc) is 2.52. The summed E-state index contributed by atoms with van der Waals surface area (Å²) in [5.41, 5.74) is 5.24. The van der Waals surface area contributed by atoms with E-state index in [-0.39, 0.29) is 5.91 Å². The maximum atomic E-state index is 12.0. The lowest BCUT2D eigenvalue weighted by Gasteiger charge is -2.15. The average molecular weight is 489 g/mol. The van der Waals surface area contributed by atoms with E-state index >= 15 is 0 Å². The molecule has 5 nitrogen and oxygen atoms in total. The summed E-state index contributed by atoms with van der Waals surface area (Å²) in [6, 6.07) is 14.3. The number of benzene rings is 2. The summed E-state index contributed by atoms with van der Waals surface area (Å²) in [7, 11) is 0. The van der Waals surface area contributed by atoms with Crippen LogP contribution in [0.3, 0.4) is 0 Å². The van der Waals surface area contributed by atoms with Crippen LogP contribution in [0.5, 0.6) is 5.75 Å². The Bertz CT molecular complexity index is 724. The van der Waals surface area contributed by atoms with Crippen LogP contribution in [0, 0.1) is 3.57 Å². The third-order valence-electron chi connectivity index (χ3n) is 2.90. The highest BCUT2D eigenvalue weighted by Gasteiger charge is 2.16. The van der Waals surface area contributed by atoms with Gasteiger partial charge in [-0.2, -0.15) is 0 Å². The zero-order valence-electron chi connectivity index (χ0n) is 12.2. The Labute approximate surface area is 156 Å². The van der Waals surface area contributed by atoms with Crippen LogP contribution in [0.25, 0.3) is 0 Å². The monoisotopic (exact) mass is 488 g/mol. The molecule has 0 aromatic heterocycles. The molecule has 2 rings (SSSR count). The van der Waals surface area contributed by atoms with Crippen molar-refractivity contribution in [2.45, 2.75) is 13.0 Å². The van der Waals surface area contributed by atoms with E-state index in [4.69, 9.17) is 4.74 Å². The Morgan fingerprint density at radius 2 is 1.87 bits per heavy atom. The van der Waals surface area contributed by atoms with Crippen LogP contribution in [-0.4, -0.2) is 17.9 Å². The molecule has 1 unspecified atom stereocenters. The molecule has 7 heteroatoms. The lowest BCUT2D eigenvalue weighted by Crippen LogP contribution is -2.47. The summed E-state index contributed by atoms with van der Waals surface area (Å²) >= 11 is 5.39. The van der Waals surface area contributed by atoms with Crippen molar-refractivity contribution in [2.75, 3.05) is 0 Å². The van der Waals surface area contributed by atoms with Gasteiger partial charge < -0.3 is 4.74 Å². The summed E-state index contributed by atoms with van der Waals surface area (Å²) in [6.45, 7) is 1.61. The summed E-state index contributed by atoms with van der Waals surface area (Å²) in [6.07, 6.45) is -0.751. The highest BCUT2D eigenvalue weighted by atomic mass is 127. The number of amides is 2. The van der Waals surface area contributed by atoms with Crippen molar-refractivity contribution in [1.29, 1.82) is 0 Å². The van der Waals surface area contributed by atoms with Crippen molar-refractivity contribution in [1.82, 2.24) is 10.9 Å². The molecule has 0 spiro atoms. The first-order valence-corrected chi connectivity index (χ1v) is 8.61. The van der Waals surface area contributed by atoms with Crippen LogP contribution in [0.15, 0.2) is 53.0 Å². The summed E-state index contributed by atoms with van der Waals surface area (Å²) in [5, 5.41) is 0. The zero-order chi connectivity index (χ0) is 16.8. The van der Waals surface area contributed by atoms with Crippen molar-refractivity contribution in [3.05, 3.63) is 62.1 Å². The van der Waals surface area contributed by atoms with Gasteiger partial charge in [0.1, 0.15) is 5.75 Å². The first-order valence-electron chi connectivity index (χ1n) is 6.74. The van der Waals surface area contributed by atoms with Gasteiger partial charge in [-0.3, -0.25) is 20.4 Å². The molecule has 2 N–H and O–H groups in total. The van der Waals surface area contributed by atoms with E-state index < -0.39 is 12.0 Å². The van der Waals surface area contributed by atoms with Gasteiger partial charge in [0.05, 0.1) is 5.56 Å². The molecule has 2 amide bonds. The second-order valence-corrected chi connectivity index (χ2v) is 6.72. The molecule has 0 bridgehead atoms. The lowest BCUT2D eigenvalue weighted by atomic mass is 10.2. The number of hydrogen-bond acceptors (Lipinski definition) is 3. The summed E-state index contributed by atoms with van der Waals surface area (Å²) < 4.78 is 7.18. The molecule has 0 saturated heterocycles. The SMILES string of the molecule is CC(Oc1cccc(Br)c1)C(=O)NNC(=O)c1ccccc1I. The molecule has 2 aromatic rings. The van der Waals surface area contributed by atoms with Crippen molar-refractivity contribution < 1.29 is 14.3 Å². The highest BCUT2D eigenvalue weighted by molar-refractivity contribution is 14.1. The second-order valence-electron chi connectivity index (χ2n) is 4.64. The number of carbonyl (C=O) groups is 2. The topological polar surface area (TPSA) is 67.4 Å². The van der Waals surface area contributed by atoms with Crippen LogP contribution in [-0.2, 0) is 4.79 Å². The Morgan fingerprint density at radius 1 is 1.13 bits per heavy atom. The van der Waals surface area contributed by atoms with E-state index in [0.717, 1.165) is 8.04 Å². The van der Waals surface area contributed by atoms with Crippen LogP contribution in [0.4, 0.5) is 0 Å². The summed E-state index contributed by atoms with van der Waals surface area (Å²) in [5.74, 6) is -0.256. The normalized spacial score (nSPS) is 11.4. The van der Waals surface area contributed by atoms with Crippen LogP contribution in [0.2, 0.25) is 0 Å².